The van der Waals surface area contributed by atoms with Crippen LogP contribution in [0.25, 0.3) is 5.65 Å². The summed E-state index contributed by atoms with van der Waals surface area (Å²) in [6.07, 6.45) is 5.13. The van der Waals surface area contributed by atoms with Crippen molar-refractivity contribution in [1.82, 2.24) is 29.0 Å². The first-order chi connectivity index (χ1) is 14.2. The molecule has 0 amide bonds. The summed E-state index contributed by atoms with van der Waals surface area (Å²) in [6.45, 7) is 6.52. The third kappa shape index (κ3) is 4.24. The van der Waals surface area contributed by atoms with E-state index in [-0.39, 0.29) is 5.56 Å². The van der Waals surface area contributed by atoms with E-state index in [0.717, 1.165) is 79.8 Å². The van der Waals surface area contributed by atoms with Crippen molar-refractivity contribution in [3.05, 3.63) is 64.0 Å². The highest BCUT2D eigenvalue weighted by atomic mass is 32.2. The maximum atomic E-state index is 12.3. The van der Waals surface area contributed by atoms with Gasteiger partial charge >= 0.3 is 0 Å². The first-order valence-electron chi connectivity index (χ1n) is 10.3. The Balaban J connectivity index is 1.14. The van der Waals surface area contributed by atoms with Gasteiger partial charge in [0.2, 0.25) is 0 Å². The van der Waals surface area contributed by atoms with Crippen LogP contribution >= 0.6 is 11.8 Å². The minimum Gasteiger partial charge on any atom is -0.307 e. The van der Waals surface area contributed by atoms with Crippen molar-refractivity contribution in [2.24, 2.45) is 0 Å². The molecule has 5 heterocycles. The van der Waals surface area contributed by atoms with Gasteiger partial charge in [0, 0.05) is 69.9 Å². The quantitative estimate of drug-likeness (QED) is 0.635. The molecule has 0 spiro atoms. The Labute approximate surface area is 174 Å². The van der Waals surface area contributed by atoms with Gasteiger partial charge in [0.15, 0.2) is 0 Å². The van der Waals surface area contributed by atoms with E-state index in [1.807, 2.05) is 36.2 Å². The minimum absolute atomic E-state index is 0.0386. The second kappa shape index (κ2) is 8.30. The molecule has 0 atom stereocenters. The zero-order chi connectivity index (χ0) is 19.6. The number of thioether (sulfide) groups is 1. The van der Waals surface area contributed by atoms with Gasteiger partial charge in [-0.1, -0.05) is 6.07 Å². The Morgan fingerprint density at radius 3 is 2.79 bits per heavy atom. The van der Waals surface area contributed by atoms with E-state index >= 15 is 0 Å². The zero-order valence-electron chi connectivity index (χ0n) is 16.5. The molecule has 5 rings (SSSR count). The molecule has 152 valence electrons. The Morgan fingerprint density at radius 1 is 1.07 bits per heavy atom. The molecule has 3 aromatic heterocycles. The number of imidazole rings is 1. The third-order valence-corrected chi connectivity index (χ3v) is 6.81. The average molecular weight is 411 g/mol. The molecular formula is C21H26N6OS. The molecule has 0 unspecified atom stereocenters. The van der Waals surface area contributed by atoms with E-state index in [1.54, 1.807) is 10.7 Å². The summed E-state index contributed by atoms with van der Waals surface area (Å²) in [4.78, 5) is 21.9. The highest BCUT2D eigenvalue weighted by Crippen LogP contribution is 2.21. The van der Waals surface area contributed by atoms with Crippen molar-refractivity contribution in [3.63, 3.8) is 0 Å². The van der Waals surface area contributed by atoms with Gasteiger partial charge in [-0.25, -0.2) is 9.67 Å². The molecule has 0 aromatic carbocycles. The zero-order valence-corrected chi connectivity index (χ0v) is 17.4. The number of hydrogen-bond donors (Lipinski definition) is 0. The summed E-state index contributed by atoms with van der Waals surface area (Å²) in [7, 11) is 0. The van der Waals surface area contributed by atoms with E-state index in [0.29, 0.717) is 6.54 Å². The van der Waals surface area contributed by atoms with Gasteiger partial charge in [-0.2, -0.15) is 16.9 Å². The first-order valence-corrected chi connectivity index (χ1v) is 11.4. The number of pyridine rings is 1. The van der Waals surface area contributed by atoms with Gasteiger partial charge in [0.25, 0.3) is 5.56 Å². The second-order valence-electron chi connectivity index (χ2n) is 7.80. The second-order valence-corrected chi connectivity index (χ2v) is 8.90. The van der Waals surface area contributed by atoms with Crippen molar-refractivity contribution >= 4 is 17.4 Å². The molecule has 0 bridgehead atoms. The summed E-state index contributed by atoms with van der Waals surface area (Å²) in [5, 5.41) is 4.63. The van der Waals surface area contributed by atoms with Gasteiger partial charge in [-0.05, 0) is 23.4 Å². The monoisotopic (exact) mass is 410 g/mol. The van der Waals surface area contributed by atoms with Crippen LogP contribution in [0.15, 0.2) is 41.5 Å². The summed E-state index contributed by atoms with van der Waals surface area (Å²) in [6, 6.07) is 7.88. The van der Waals surface area contributed by atoms with Crippen LogP contribution in [-0.4, -0.2) is 67.4 Å². The topological polar surface area (TPSA) is 58.7 Å². The first kappa shape index (κ1) is 18.8. The summed E-state index contributed by atoms with van der Waals surface area (Å²) in [5.41, 5.74) is 4.40. The molecule has 8 heteroatoms. The number of aromatic nitrogens is 4. The van der Waals surface area contributed by atoms with E-state index in [4.69, 9.17) is 4.98 Å². The summed E-state index contributed by atoms with van der Waals surface area (Å²) in [5.74, 6) is 2.03. The normalized spacial score (nSPS) is 18.2. The highest BCUT2D eigenvalue weighted by Gasteiger charge is 2.19. The molecule has 0 N–H and O–H groups in total. The highest BCUT2D eigenvalue weighted by molar-refractivity contribution is 7.98. The Morgan fingerprint density at radius 2 is 1.93 bits per heavy atom. The number of hydrogen-bond acceptors (Lipinski definition) is 6. The van der Waals surface area contributed by atoms with Crippen LogP contribution in [0.2, 0.25) is 0 Å². The van der Waals surface area contributed by atoms with Crippen LogP contribution in [0.5, 0.6) is 0 Å². The SMILES string of the molecule is O=c1cc2c(nn1CCN1CCN(Cc3cn4ccccc4n3)CC1)CCSC2. The molecule has 7 nitrogen and oxygen atoms in total. The Bertz CT molecular complexity index is 1020. The maximum Gasteiger partial charge on any atom is 0.267 e. The fourth-order valence-corrected chi connectivity index (χ4v) is 5.06. The maximum absolute atomic E-state index is 12.3. The predicted octanol–water partition coefficient (Wildman–Crippen LogP) is 1.50. The van der Waals surface area contributed by atoms with Gasteiger partial charge < -0.3 is 4.40 Å². The largest absolute Gasteiger partial charge is 0.307 e. The van der Waals surface area contributed by atoms with E-state index in [1.165, 1.54) is 0 Å². The number of rotatable bonds is 5. The van der Waals surface area contributed by atoms with Gasteiger partial charge in [0.1, 0.15) is 5.65 Å². The fraction of sp³-hybridized carbons (Fsp3) is 0.476. The average Bonchev–Trinajstić information content (AvgIpc) is 3.15. The lowest BCUT2D eigenvalue weighted by Crippen LogP contribution is -2.47. The Kier molecular flexibility index (Phi) is 5.39. The van der Waals surface area contributed by atoms with Crippen molar-refractivity contribution in [2.45, 2.75) is 25.3 Å². The summed E-state index contributed by atoms with van der Waals surface area (Å²) >= 11 is 1.88. The van der Waals surface area contributed by atoms with Crippen molar-refractivity contribution in [1.29, 1.82) is 0 Å². The Hall–Kier alpha value is -2.16. The molecule has 1 fully saturated rings. The number of nitrogens with zero attached hydrogens (tertiary/aromatic N) is 6. The van der Waals surface area contributed by atoms with Gasteiger partial charge in [-0.3, -0.25) is 14.6 Å². The van der Waals surface area contributed by atoms with Crippen LogP contribution in [-0.2, 0) is 25.3 Å². The molecule has 0 saturated carbocycles. The van der Waals surface area contributed by atoms with Crippen LogP contribution in [0, 0.1) is 0 Å². The molecule has 0 radical (unpaired) electrons. The number of piperazine rings is 1. The lowest BCUT2D eigenvalue weighted by molar-refractivity contribution is 0.122. The molecule has 0 aliphatic carbocycles. The van der Waals surface area contributed by atoms with Crippen molar-refractivity contribution in [3.8, 4) is 0 Å². The predicted molar refractivity (Wildman–Crippen MR) is 115 cm³/mol. The van der Waals surface area contributed by atoms with E-state index < -0.39 is 0 Å². The van der Waals surface area contributed by atoms with Crippen LogP contribution in [0.4, 0.5) is 0 Å². The van der Waals surface area contributed by atoms with Crippen molar-refractivity contribution in [2.75, 3.05) is 38.5 Å². The standard InChI is InChI=1S/C21H26N6OS/c28-21-13-17-16-29-12-4-19(17)23-27(21)11-10-24-6-8-25(9-7-24)14-18-15-26-5-2-1-3-20(26)22-18/h1-3,5,13,15H,4,6-12,14,16H2. The van der Waals surface area contributed by atoms with Gasteiger partial charge in [-0.15, -0.1) is 0 Å². The smallest absolute Gasteiger partial charge is 0.267 e. The molecule has 3 aromatic rings. The van der Waals surface area contributed by atoms with Crippen LogP contribution < -0.4 is 5.56 Å². The molecule has 2 aliphatic rings. The summed E-state index contributed by atoms with van der Waals surface area (Å²) < 4.78 is 3.74. The van der Waals surface area contributed by atoms with Crippen molar-refractivity contribution < 1.29 is 0 Å². The van der Waals surface area contributed by atoms with Crippen LogP contribution in [0.3, 0.4) is 0 Å². The minimum atomic E-state index is 0.0386. The number of fused-ring (bicyclic) bond motifs is 2. The fourth-order valence-electron chi connectivity index (χ4n) is 4.11. The molecule has 29 heavy (non-hydrogen) atoms. The van der Waals surface area contributed by atoms with Crippen LogP contribution in [0.1, 0.15) is 17.0 Å². The molecule has 2 aliphatic heterocycles. The van der Waals surface area contributed by atoms with Gasteiger partial charge in [0.05, 0.1) is 17.9 Å². The lowest BCUT2D eigenvalue weighted by Gasteiger charge is -2.34. The van der Waals surface area contributed by atoms with E-state index in [2.05, 4.69) is 25.5 Å². The lowest BCUT2D eigenvalue weighted by atomic mass is 10.2. The third-order valence-electron chi connectivity index (χ3n) is 5.80. The molecule has 1 saturated heterocycles. The number of aryl methyl sites for hydroxylation is 1. The molecular weight excluding hydrogens is 384 g/mol. The van der Waals surface area contributed by atoms with E-state index in [9.17, 15) is 4.79 Å².